The molecule has 0 N–H and O–H groups in total. The molecular weight excluding hydrogens is 549 g/mol. The minimum absolute atomic E-state index is 0.0819. The number of nitrogens with zero attached hydrogens (tertiary/aromatic N) is 3. The van der Waals surface area contributed by atoms with Gasteiger partial charge in [0.2, 0.25) is 0 Å². The van der Waals surface area contributed by atoms with Crippen molar-refractivity contribution in [1.82, 2.24) is 9.66 Å². The zero-order chi connectivity index (χ0) is 21.1. The van der Waals surface area contributed by atoms with Gasteiger partial charge in [-0.1, -0.05) is 29.8 Å². The van der Waals surface area contributed by atoms with Crippen LogP contribution in [0.15, 0.2) is 44.7 Å². The van der Waals surface area contributed by atoms with Crippen LogP contribution >= 0.6 is 38.5 Å². The summed E-state index contributed by atoms with van der Waals surface area (Å²) in [4.78, 5) is 17.9. The molecule has 3 rings (SSSR count). The Morgan fingerprint density at radius 3 is 2.69 bits per heavy atom. The molecule has 1 atom stereocenters. The number of aromatic nitrogens is 2. The van der Waals surface area contributed by atoms with Crippen molar-refractivity contribution < 1.29 is 9.47 Å². The summed E-state index contributed by atoms with van der Waals surface area (Å²) in [5.41, 5.74) is 1.27. The standard InChI is InChI=1S/C21H21BrIN3O3/c1-5-12(2)20-25-17-7-6-14(22)10-15(17)21(27)26(20)24-11-13-8-16(23)19(29-4)18(9-13)28-3/h6-12H,5H2,1-4H3/t12-/m0/s1. The van der Waals surface area contributed by atoms with Gasteiger partial charge in [-0.15, -0.1) is 0 Å². The van der Waals surface area contributed by atoms with Crippen LogP contribution in [0.4, 0.5) is 0 Å². The van der Waals surface area contributed by atoms with Gasteiger partial charge in [-0.3, -0.25) is 4.79 Å². The molecule has 0 amide bonds. The fraction of sp³-hybridized carbons (Fsp3) is 0.286. The van der Waals surface area contributed by atoms with Gasteiger partial charge in [0, 0.05) is 10.4 Å². The molecule has 0 fully saturated rings. The molecule has 2 aromatic carbocycles. The van der Waals surface area contributed by atoms with Crippen LogP contribution < -0.4 is 15.0 Å². The summed E-state index contributed by atoms with van der Waals surface area (Å²) >= 11 is 5.61. The third kappa shape index (κ3) is 4.48. The largest absolute Gasteiger partial charge is 0.493 e. The molecule has 6 nitrogen and oxygen atoms in total. The summed E-state index contributed by atoms with van der Waals surface area (Å²) in [6.07, 6.45) is 2.49. The maximum atomic E-state index is 13.2. The SMILES string of the molecule is CC[C@H](C)c1nc2ccc(Br)cc2c(=O)n1N=Cc1cc(I)c(OC)c(OC)c1. The molecule has 0 aliphatic heterocycles. The Labute approximate surface area is 191 Å². The average Bonchev–Trinajstić information content (AvgIpc) is 2.72. The van der Waals surface area contributed by atoms with Crippen molar-refractivity contribution in [1.29, 1.82) is 0 Å². The summed E-state index contributed by atoms with van der Waals surface area (Å²) in [7, 11) is 3.19. The van der Waals surface area contributed by atoms with Crippen LogP contribution in [0.1, 0.15) is 37.6 Å². The molecule has 29 heavy (non-hydrogen) atoms. The Balaban J connectivity index is 2.17. The number of ether oxygens (including phenoxy) is 2. The normalized spacial score (nSPS) is 12.5. The van der Waals surface area contributed by atoms with Gasteiger partial charge in [-0.2, -0.15) is 9.78 Å². The van der Waals surface area contributed by atoms with Crippen molar-refractivity contribution in [3.63, 3.8) is 0 Å². The number of benzene rings is 2. The monoisotopic (exact) mass is 569 g/mol. The molecule has 0 aliphatic carbocycles. The van der Waals surface area contributed by atoms with Crippen molar-refractivity contribution in [2.24, 2.45) is 5.10 Å². The van der Waals surface area contributed by atoms with Gasteiger partial charge in [-0.05, 0) is 64.9 Å². The third-order valence-electron chi connectivity index (χ3n) is 4.66. The van der Waals surface area contributed by atoms with E-state index in [-0.39, 0.29) is 11.5 Å². The van der Waals surface area contributed by atoms with E-state index >= 15 is 0 Å². The zero-order valence-electron chi connectivity index (χ0n) is 16.6. The molecule has 0 saturated heterocycles. The fourth-order valence-corrected chi connectivity index (χ4v) is 4.12. The van der Waals surface area contributed by atoms with Gasteiger partial charge in [0.1, 0.15) is 5.82 Å². The second-order valence-electron chi connectivity index (χ2n) is 6.54. The highest BCUT2D eigenvalue weighted by molar-refractivity contribution is 14.1. The summed E-state index contributed by atoms with van der Waals surface area (Å²) < 4.78 is 13.9. The number of halogens is 2. The molecule has 152 valence electrons. The highest BCUT2D eigenvalue weighted by atomic mass is 127. The predicted molar refractivity (Wildman–Crippen MR) is 128 cm³/mol. The van der Waals surface area contributed by atoms with Crippen LogP contribution in [-0.2, 0) is 0 Å². The molecular formula is C21H21BrIN3O3. The third-order valence-corrected chi connectivity index (χ3v) is 5.96. The minimum Gasteiger partial charge on any atom is -0.493 e. The lowest BCUT2D eigenvalue weighted by atomic mass is 10.1. The van der Waals surface area contributed by atoms with Crippen LogP contribution in [0.3, 0.4) is 0 Å². The molecule has 0 bridgehead atoms. The first-order valence-corrected chi connectivity index (χ1v) is 10.9. The van der Waals surface area contributed by atoms with Crippen LogP contribution in [0.25, 0.3) is 10.9 Å². The Morgan fingerprint density at radius 1 is 1.28 bits per heavy atom. The number of hydrogen-bond donors (Lipinski definition) is 0. The van der Waals surface area contributed by atoms with Crippen molar-refractivity contribution in [2.75, 3.05) is 14.2 Å². The highest BCUT2D eigenvalue weighted by Gasteiger charge is 2.16. The minimum atomic E-state index is -0.196. The van der Waals surface area contributed by atoms with Gasteiger partial charge in [0.05, 0.1) is 34.9 Å². The Morgan fingerprint density at radius 2 is 2.03 bits per heavy atom. The average molecular weight is 570 g/mol. The smallest absolute Gasteiger partial charge is 0.282 e. The van der Waals surface area contributed by atoms with Crippen LogP contribution in [0.5, 0.6) is 11.5 Å². The predicted octanol–water partition coefficient (Wildman–Crippen LogP) is 5.18. The lowest BCUT2D eigenvalue weighted by molar-refractivity contribution is 0.353. The molecule has 0 unspecified atom stereocenters. The molecule has 1 aromatic heterocycles. The maximum absolute atomic E-state index is 13.2. The second kappa shape index (κ2) is 9.25. The van der Waals surface area contributed by atoms with E-state index in [1.807, 2.05) is 31.2 Å². The van der Waals surface area contributed by atoms with Crippen molar-refractivity contribution in [2.45, 2.75) is 26.2 Å². The Bertz CT molecular complexity index is 1140. The van der Waals surface area contributed by atoms with E-state index in [9.17, 15) is 4.79 Å². The highest BCUT2D eigenvalue weighted by Crippen LogP contribution is 2.33. The van der Waals surface area contributed by atoms with Gasteiger partial charge in [-0.25, -0.2) is 4.98 Å². The molecule has 0 aliphatic rings. The first kappa shape index (κ1) is 21.8. The summed E-state index contributed by atoms with van der Waals surface area (Å²) in [5, 5.41) is 5.02. The van der Waals surface area contributed by atoms with E-state index in [1.54, 1.807) is 26.5 Å². The van der Waals surface area contributed by atoms with Gasteiger partial charge in [0.25, 0.3) is 5.56 Å². The molecule has 0 spiro atoms. The first-order valence-electron chi connectivity index (χ1n) is 9.07. The maximum Gasteiger partial charge on any atom is 0.282 e. The van der Waals surface area contributed by atoms with Crippen molar-refractivity contribution in [3.05, 3.63) is 60.1 Å². The summed E-state index contributed by atoms with van der Waals surface area (Å²) in [5.74, 6) is 1.99. The van der Waals surface area contributed by atoms with E-state index in [1.165, 1.54) is 4.68 Å². The Hall–Kier alpha value is -1.94. The molecule has 1 heterocycles. The zero-order valence-corrected chi connectivity index (χ0v) is 20.3. The van der Waals surface area contributed by atoms with Crippen molar-refractivity contribution in [3.8, 4) is 11.5 Å². The van der Waals surface area contributed by atoms with E-state index < -0.39 is 0 Å². The van der Waals surface area contributed by atoms with Gasteiger partial charge in [0.15, 0.2) is 11.5 Å². The van der Waals surface area contributed by atoms with Gasteiger partial charge >= 0.3 is 0 Å². The first-order chi connectivity index (χ1) is 13.9. The van der Waals surface area contributed by atoms with Crippen LogP contribution in [0.2, 0.25) is 0 Å². The summed E-state index contributed by atoms with van der Waals surface area (Å²) in [6.45, 7) is 4.10. The van der Waals surface area contributed by atoms with E-state index in [0.29, 0.717) is 28.2 Å². The van der Waals surface area contributed by atoms with Crippen LogP contribution in [-0.4, -0.2) is 30.1 Å². The number of methoxy groups -OCH3 is 2. The lowest BCUT2D eigenvalue weighted by Gasteiger charge is -2.14. The van der Waals surface area contributed by atoms with E-state index in [4.69, 9.17) is 14.5 Å². The van der Waals surface area contributed by atoms with Crippen molar-refractivity contribution >= 4 is 55.6 Å². The number of fused-ring (bicyclic) bond motifs is 1. The topological polar surface area (TPSA) is 65.7 Å². The number of rotatable bonds is 6. The summed E-state index contributed by atoms with van der Waals surface area (Å²) in [6, 6.07) is 9.25. The van der Waals surface area contributed by atoms with Crippen LogP contribution in [0, 0.1) is 3.57 Å². The molecule has 0 radical (unpaired) electrons. The van der Waals surface area contributed by atoms with E-state index in [0.717, 1.165) is 20.0 Å². The number of hydrogen-bond acceptors (Lipinski definition) is 5. The Kier molecular flexibility index (Phi) is 6.94. The van der Waals surface area contributed by atoms with Gasteiger partial charge < -0.3 is 9.47 Å². The molecule has 8 heteroatoms. The molecule has 0 saturated carbocycles. The fourth-order valence-electron chi connectivity index (χ4n) is 2.92. The lowest BCUT2D eigenvalue weighted by Crippen LogP contribution is -2.23. The quantitative estimate of drug-likeness (QED) is 0.303. The molecule has 3 aromatic rings. The van der Waals surface area contributed by atoms with E-state index in [2.05, 4.69) is 50.5 Å². The second-order valence-corrected chi connectivity index (χ2v) is 8.62.